The Morgan fingerprint density at radius 1 is 0.304 bits per heavy atom. The molecule has 0 saturated heterocycles. The van der Waals surface area contributed by atoms with Gasteiger partial charge in [0.05, 0.1) is 26.4 Å². The number of esters is 4. The molecule has 92 heavy (non-hydrogen) atoms. The Balaban J connectivity index is 5.19. The highest BCUT2D eigenvalue weighted by molar-refractivity contribution is 7.47. The first kappa shape index (κ1) is 90.1. The van der Waals surface area contributed by atoms with Crippen LogP contribution < -0.4 is 0 Å². The summed E-state index contributed by atoms with van der Waals surface area (Å²) >= 11 is 0. The lowest BCUT2D eigenvalue weighted by molar-refractivity contribution is -0.161. The quantitative estimate of drug-likeness (QED) is 0.0222. The third kappa shape index (κ3) is 64.1. The Bertz CT molecular complexity index is 1790. The van der Waals surface area contributed by atoms with Crippen LogP contribution in [0.1, 0.15) is 375 Å². The molecule has 0 aromatic carbocycles. The van der Waals surface area contributed by atoms with E-state index in [9.17, 15) is 43.2 Å². The minimum Gasteiger partial charge on any atom is -0.462 e. The first-order chi connectivity index (χ1) is 44.4. The van der Waals surface area contributed by atoms with Gasteiger partial charge in [-0.2, -0.15) is 0 Å². The average molecular weight is 1350 g/mol. The molecule has 0 bridgehead atoms. The number of phosphoric ester groups is 2. The fraction of sp³-hybridized carbons (Fsp3) is 0.945. The minimum absolute atomic E-state index is 0.103. The molecule has 0 aromatic heterocycles. The van der Waals surface area contributed by atoms with Crippen molar-refractivity contribution in [2.24, 2.45) is 11.8 Å². The molecule has 0 spiro atoms. The van der Waals surface area contributed by atoms with Crippen molar-refractivity contribution in [2.45, 2.75) is 394 Å². The molecule has 4 unspecified atom stereocenters. The molecule has 17 nitrogen and oxygen atoms in total. The van der Waals surface area contributed by atoms with Gasteiger partial charge in [-0.25, -0.2) is 9.13 Å². The zero-order chi connectivity index (χ0) is 67.9. The van der Waals surface area contributed by atoms with Crippen LogP contribution in [0.5, 0.6) is 0 Å². The van der Waals surface area contributed by atoms with Crippen molar-refractivity contribution in [1.29, 1.82) is 0 Å². The van der Waals surface area contributed by atoms with Gasteiger partial charge in [0.25, 0.3) is 0 Å². The first-order valence-corrected chi connectivity index (χ1v) is 41.1. The zero-order valence-corrected chi connectivity index (χ0v) is 61.6. The van der Waals surface area contributed by atoms with Crippen LogP contribution in [-0.4, -0.2) is 96.7 Å². The number of rotatable bonds is 72. The predicted molar refractivity (Wildman–Crippen MR) is 372 cm³/mol. The van der Waals surface area contributed by atoms with Crippen LogP contribution in [0, 0.1) is 11.8 Å². The first-order valence-electron chi connectivity index (χ1n) is 38.1. The maximum Gasteiger partial charge on any atom is 0.472 e. The number of phosphoric acid groups is 2. The molecule has 0 aliphatic carbocycles. The summed E-state index contributed by atoms with van der Waals surface area (Å²) in [6, 6.07) is 0. The molecule has 546 valence electrons. The number of hydrogen-bond donors (Lipinski definition) is 3. The number of aliphatic hydroxyl groups is 1. The summed E-state index contributed by atoms with van der Waals surface area (Å²) in [7, 11) is -9.90. The van der Waals surface area contributed by atoms with Crippen molar-refractivity contribution in [1.82, 2.24) is 0 Å². The van der Waals surface area contributed by atoms with E-state index in [0.717, 1.165) is 115 Å². The van der Waals surface area contributed by atoms with E-state index >= 15 is 0 Å². The Hall–Kier alpha value is -1.94. The maximum absolute atomic E-state index is 13.1. The van der Waals surface area contributed by atoms with Gasteiger partial charge in [-0.3, -0.25) is 37.3 Å². The van der Waals surface area contributed by atoms with Gasteiger partial charge in [0.2, 0.25) is 0 Å². The lowest BCUT2D eigenvalue weighted by Gasteiger charge is -2.21. The monoisotopic (exact) mass is 1350 g/mol. The van der Waals surface area contributed by atoms with Gasteiger partial charge in [-0.15, -0.1) is 0 Å². The highest BCUT2D eigenvalue weighted by atomic mass is 31.2. The highest BCUT2D eigenvalue weighted by Crippen LogP contribution is 2.45. The molecular formula is C73H142O17P2. The fourth-order valence-electron chi connectivity index (χ4n) is 11.1. The van der Waals surface area contributed by atoms with Crippen molar-refractivity contribution in [3.05, 3.63) is 0 Å². The maximum atomic E-state index is 13.1. The Morgan fingerprint density at radius 2 is 0.522 bits per heavy atom. The second-order valence-electron chi connectivity index (χ2n) is 26.8. The molecule has 0 aliphatic rings. The molecule has 0 aliphatic heterocycles. The van der Waals surface area contributed by atoms with Gasteiger partial charge in [0.15, 0.2) is 12.2 Å². The molecule has 0 aromatic rings. The van der Waals surface area contributed by atoms with E-state index in [-0.39, 0.29) is 25.7 Å². The van der Waals surface area contributed by atoms with Gasteiger partial charge >= 0.3 is 39.5 Å². The van der Waals surface area contributed by atoms with E-state index in [1.807, 2.05) is 0 Å². The zero-order valence-electron chi connectivity index (χ0n) is 59.9. The molecule has 0 saturated carbocycles. The van der Waals surface area contributed by atoms with Crippen LogP contribution in [0.15, 0.2) is 0 Å². The lowest BCUT2D eigenvalue weighted by atomic mass is 9.99. The van der Waals surface area contributed by atoms with E-state index in [0.29, 0.717) is 25.7 Å². The summed E-state index contributed by atoms with van der Waals surface area (Å²) in [6.07, 6.45) is 51.5. The molecule has 0 heterocycles. The van der Waals surface area contributed by atoms with Crippen LogP contribution >= 0.6 is 15.6 Å². The van der Waals surface area contributed by atoms with Crippen LogP contribution in [0.4, 0.5) is 0 Å². The number of ether oxygens (including phenoxy) is 4. The molecular weight excluding hydrogens is 1210 g/mol. The second-order valence-corrected chi connectivity index (χ2v) is 29.7. The summed E-state index contributed by atoms with van der Waals surface area (Å²) in [5, 5.41) is 10.6. The number of carbonyl (C=O) groups excluding carboxylic acids is 4. The molecule has 0 radical (unpaired) electrons. The molecule has 3 N–H and O–H groups in total. The summed E-state index contributed by atoms with van der Waals surface area (Å²) < 4.78 is 68.3. The molecule has 0 fully saturated rings. The summed E-state index contributed by atoms with van der Waals surface area (Å²) in [4.78, 5) is 72.5. The summed E-state index contributed by atoms with van der Waals surface area (Å²) in [6.45, 7) is 9.53. The van der Waals surface area contributed by atoms with Crippen molar-refractivity contribution >= 4 is 39.5 Å². The fourth-order valence-corrected chi connectivity index (χ4v) is 12.6. The van der Waals surface area contributed by atoms with E-state index in [1.165, 1.54) is 180 Å². The van der Waals surface area contributed by atoms with E-state index < -0.39 is 97.5 Å². The van der Waals surface area contributed by atoms with Crippen LogP contribution in [0.25, 0.3) is 0 Å². The van der Waals surface area contributed by atoms with Crippen LogP contribution in [0.3, 0.4) is 0 Å². The van der Waals surface area contributed by atoms with Crippen molar-refractivity contribution in [3.8, 4) is 0 Å². The average Bonchev–Trinajstić information content (AvgIpc) is 2.17. The van der Waals surface area contributed by atoms with Crippen molar-refractivity contribution in [2.75, 3.05) is 39.6 Å². The van der Waals surface area contributed by atoms with Gasteiger partial charge in [-0.05, 0) is 37.5 Å². The smallest absolute Gasteiger partial charge is 0.462 e. The highest BCUT2D eigenvalue weighted by Gasteiger charge is 2.30. The summed E-state index contributed by atoms with van der Waals surface area (Å²) in [5.74, 6) is -0.561. The Morgan fingerprint density at radius 3 is 0.772 bits per heavy atom. The van der Waals surface area contributed by atoms with E-state index in [2.05, 4.69) is 41.5 Å². The number of aliphatic hydroxyl groups excluding tert-OH is 1. The topological polar surface area (TPSA) is 237 Å². The normalized spacial score (nSPS) is 14.7. The largest absolute Gasteiger partial charge is 0.472 e. The summed E-state index contributed by atoms with van der Waals surface area (Å²) in [5.41, 5.74) is 0. The van der Waals surface area contributed by atoms with Gasteiger partial charge in [-0.1, -0.05) is 324 Å². The van der Waals surface area contributed by atoms with Gasteiger partial charge in [0.1, 0.15) is 19.3 Å². The van der Waals surface area contributed by atoms with E-state index in [4.69, 9.17) is 37.0 Å². The van der Waals surface area contributed by atoms with Crippen LogP contribution in [0.2, 0.25) is 0 Å². The van der Waals surface area contributed by atoms with Gasteiger partial charge in [0, 0.05) is 25.7 Å². The number of hydrogen-bond acceptors (Lipinski definition) is 15. The third-order valence-electron chi connectivity index (χ3n) is 17.7. The molecule has 19 heteroatoms. The van der Waals surface area contributed by atoms with Crippen LogP contribution in [-0.2, 0) is 65.4 Å². The molecule has 7 atom stereocenters. The van der Waals surface area contributed by atoms with Crippen molar-refractivity contribution < 1.29 is 80.2 Å². The third-order valence-corrected chi connectivity index (χ3v) is 19.6. The minimum atomic E-state index is -4.95. The standard InChI is InChI=1S/C73H142O17P2/c1-7-11-13-15-17-18-19-20-21-22-23-27-30-33-37-44-50-56-71(76)84-62-68(89-72(77)57-51-45-38-34-31-28-25-24-26-29-32-36-41-47-53-65(5)9-3)63-87-91(79,80)85-59-67(74)60-86-92(81,82)88-64-69(61-83-70(75)55-49-43-35-16-14-12-8-2)90-73(78)58-52-46-40-39-42-48-54-66(6)10-4/h65-69,74H,7-64H2,1-6H3,(H,79,80)(H,81,82)/t65?,66?,67-,68-,69-/m1/s1. The molecule has 0 amide bonds. The van der Waals surface area contributed by atoms with E-state index in [1.54, 1.807) is 0 Å². The SMILES string of the molecule is CCCCCCCCCCCCCCCCCCCC(=O)OC[C@H](COP(=O)(O)OC[C@@H](O)COP(=O)(O)OC[C@@H](COC(=O)CCCCCCCCC)OC(=O)CCCCCCCCC(C)CC)OC(=O)CCCCCCCCCCCCCCCCC(C)CC. The van der Waals surface area contributed by atoms with Gasteiger partial charge < -0.3 is 33.8 Å². The Labute approximate surface area is 562 Å². The number of carbonyl (C=O) groups is 4. The lowest BCUT2D eigenvalue weighted by Crippen LogP contribution is -2.30. The number of unbranched alkanes of at least 4 members (excludes halogenated alkanes) is 40. The Kier molecular flexibility index (Phi) is 63.7. The predicted octanol–water partition coefficient (Wildman–Crippen LogP) is 21.2. The molecule has 0 rings (SSSR count). The van der Waals surface area contributed by atoms with Crippen molar-refractivity contribution in [3.63, 3.8) is 0 Å². The second kappa shape index (κ2) is 65.0.